The van der Waals surface area contributed by atoms with Gasteiger partial charge in [-0.2, -0.15) is 4.98 Å². The molecule has 7 nitrogen and oxygen atoms in total. The van der Waals surface area contributed by atoms with Crippen molar-refractivity contribution >= 4 is 17.4 Å². The summed E-state index contributed by atoms with van der Waals surface area (Å²) < 4.78 is 18.7. The highest BCUT2D eigenvalue weighted by atomic mass is 35.5. The quantitative estimate of drug-likeness (QED) is 0.829. The Morgan fingerprint density at radius 2 is 2.05 bits per heavy atom. The Morgan fingerprint density at radius 3 is 2.75 bits per heavy atom. The van der Waals surface area contributed by atoms with Crippen molar-refractivity contribution in [3.05, 3.63) is 21.7 Å². The van der Waals surface area contributed by atoms with Crippen LogP contribution in [0.25, 0.3) is 0 Å². The van der Waals surface area contributed by atoms with Gasteiger partial charge in [0.05, 0.1) is 11.1 Å². The number of nitrogens with two attached hydrogens (primary N) is 1. The van der Waals surface area contributed by atoms with Gasteiger partial charge in [0.1, 0.15) is 18.0 Å². The van der Waals surface area contributed by atoms with Gasteiger partial charge in [-0.05, 0) is 20.8 Å². The van der Waals surface area contributed by atoms with Crippen molar-refractivity contribution in [1.29, 1.82) is 0 Å². The summed E-state index contributed by atoms with van der Waals surface area (Å²) in [6, 6.07) is 0. The molecule has 2 aliphatic rings. The first kappa shape index (κ1) is 13.8. The van der Waals surface area contributed by atoms with Crippen LogP contribution in [0.2, 0.25) is 5.02 Å². The van der Waals surface area contributed by atoms with Crippen LogP contribution >= 0.6 is 11.6 Å². The summed E-state index contributed by atoms with van der Waals surface area (Å²) in [4.78, 5) is 15.6. The molecule has 2 aliphatic heterocycles. The van der Waals surface area contributed by atoms with E-state index in [1.54, 1.807) is 0 Å². The minimum atomic E-state index is -0.708. The van der Waals surface area contributed by atoms with Crippen LogP contribution < -0.4 is 11.4 Å². The molecule has 2 fully saturated rings. The van der Waals surface area contributed by atoms with Gasteiger partial charge in [-0.1, -0.05) is 11.6 Å². The molecule has 0 spiro atoms. The number of halogens is 1. The van der Waals surface area contributed by atoms with Crippen LogP contribution in [-0.2, 0) is 14.2 Å². The lowest BCUT2D eigenvalue weighted by Crippen LogP contribution is -2.35. The Labute approximate surface area is 120 Å². The minimum absolute atomic E-state index is 0.000526. The lowest BCUT2D eigenvalue weighted by atomic mass is 10.1. The Kier molecular flexibility index (Phi) is 3.06. The predicted octanol–water partition coefficient (Wildman–Crippen LogP) is 0.916. The zero-order chi connectivity index (χ0) is 14.7. The van der Waals surface area contributed by atoms with E-state index in [1.165, 1.54) is 10.8 Å². The molecule has 3 heterocycles. The van der Waals surface area contributed by atoms with Crippen LogP contribution in [0, 0.1) is 0 Å². The highest BCUT2D eigenvalue weighted by molar-refractivity contribution is 6.32. The van der Waals surface area contributed by atoms with E-state index in [0.717, 1.165) is 0 Å². The summed E-state index contributed by atoms with van der Waals surface area (Å²) in [7, 11) is 0. The highest BCUT2D eigenvalue weighted by Gasteiger charge is 2.54. The number of hydrogen-bond donors (Lipinski definition) is 1. The maximum Gasteiger partial charge on any atom is 0.351 e. The fourth-order valence-electron chi connectivity index (χ4n) is 2.64. The van der Waals surface area contributed by atoms with Crippen molar-refractivity contribution in [2.75, 3.05) is 5.73 Å². The van der Waals surface area contributed by atoms with Crippen molar-refractivity contribution in [2.24, 2.45) is 0 Å². The maximum atomic E-state index is 12.0. The summed E-state index contributed by atoms with van der Waals surface area (Å²) in [5.74, 6) is -0.709. The van der Waals surface area contributed by atoms with Crippen LogP contribution in [0.3, 0.4) is 0 Å². The average Bonchev–Trinajstić information content (AvgIpc) is 2.80. The molecule has 4 atom stereocenters. The summed E-state index contributed by atoms with van der Waals surface area (Å²) >= 11 is 5.92. The number of aromatic nitrogens is 2. The number of nitrogen functional groups attached to an aromatic ring is 1. The fraction of sp³-hybridized carbons (Fsp3) is 0.667. The molecule has 0 saturated carbocycles. The van der Waals surface area contributed by atoms with E-state index in [4.69, 9.17) is 31.5 Å². The van der Waals surface area contributed by atoms with Crippen molar-refractivity contribution in [3.8, 4) is 0 Å². The molecule has 1 aromatic rings. The van der Waals surface area contributed by atoms with Crippen molar-refractivity contribution in [3.63, 3.8) is 0 Å². The molecule has 2 N–H and O–H groups in total. The van der Waals surface area contributed by atoms with E-state index in [0.29, 0.717) is 0 Å². The molecule has 0 aliphatic carbocycles. The number of ether oxygens (including phenoxy) is 3. The number of nitrogens with zero attached hydrogens (tertiary/aromatic N) is 2. The largest absolute Gasteiger partial charge is 0.382 e. The number of rotatable bonds is 1. The van der Waals surface area contributed by atoms with Gasteiger partial charge in [0.25, 0.3) is 0 Å². The van der Waals surface area contributed by atoms with Gasteiger partial charge >= 0.3 is 5.69 Å². The summed E-state index contributed by atoms with van der Waals surface area (Å²) in [6.07, 6.45) is -0.0389. The van der Waals surface area contributed by atoms with Crippen LogP contribution in [0.5, 0.6) is 0 Å². The molecule has 1 unspecified atom stereocenters. The summed E-state index contributed by atoms with van der Waals surface area (Å²) in [5, 5.41) is 0.197. The second-order valence-electron chi connectivity index (χ2n) is 5.46. The number of anilines is 1. The predicted molar refractivity (Wildman–Crippen MR) is 71.3 cm³/mol. The van der Waals surface area contributed by atoms with E-state index in [-0.39, 0.29) is 29.2 Å². The monoisotopic (exact) mass is 301 g/mol. The third-order valence-corrected chi connectivity index (χ3v) is 3.76. The van der Waals surface area contributed by atoms with E-state index in [9.17, 15) is 4.79 Å². The Hall–Kier alpha value is -1.15. The van der Waals surface area contributed by atoms with Gasteiger partial charge in [0.2, 0.25) is 0 Å². The van der Waals surface area contributed by atoms with E-state index in [1.807, 2.05) is 20.8 Å². The van der Waals surface area contributed by atoms with Crippen LogP contribution in [0.4, 0.5) is 5.82 Å². The molecule has 0 bridgehead atoms. The summed E-state index contributed by atoms with van der Waals surface area (Å²) in [5.41, 5.74) is 4.98. The standard InChI is InChI=1S/C12H16ClN3O4/c1-5-7-8(20-12(2,3)19-7)10(18-5)16-4-6(13)9(14)15-11(16)17/h4-5,7-8,10H,1-3H3,(H2,14,15,17)/t5-,7?,8+,10-/m0/s1. The molecular formula is C12H16ClN3O4. The van der Waals surface area contributed by atoms with Gasteiger partial charge in [-0.3, -0.25) is 4.57 Å². The Bertz CT molecular complexity index is 603. The lowest BCUT2D eigenvalue weighted by Gasteiger charge is -2.24. The molecule has 0 radical (unpaired) electrons. The first-order valence-electron chi connectivity index (χ1n) is 6.34. The number of hydrogen-bond acceptors (Lipinski definition) is 6. The minimum Gasteiger partial charge on any atom is -0.382 e. The van der Waals surface area contributed by atoms with Gasteiger partial charge < -0.3 is 19.9 Å². The number of fused-ring (bicyclic) bond motifs is 1. The van der Waals surface area contributed by atoms with Crippen LogP contribution in [0.15, 0.2) is 11.0 Å². The molecule has 1 aromatic heterocycles. The van der Waals surface area contributed by atoms with E-state index < -0.39 is 17.7 Å². The second-order valence-corrected chi connectivity index (χ2v) is 5.87. The maximum absolute atomic E-state index is 12.0. The topological polar surface area (TPSA) is 88.6 Å². The van der Waals surface area contributed by atoms with Crippen molar-refractivity contribution < 1.29 is 14.2 Å². The smallest absolute Gasteiger partial charge is 0.351 e. The zero-order valence-electron chi connectivity index (χ0n) is 11.4. The van der Waals surface area contributed by atoms with Crippen molar-refractivity contribution in [1.82, 2.24) is 9.55 Å². The molecule has 3 rings (SSSR count). The Morgan fingerprint density at radius 1 is 1.40 bits per heavy atom. The SMILES string of the molecule is C[C@@H]1O[C@H](n2cc(Cl)c(N)nc2=O)[C@@H]2OC(C)(C)OC12. The third kappa shape index (κ3) is 2.10. The molecular weight excluding hydrogens is 286 g/mol. The molecule has 8 heteroatoms. The van der Waals surface area contributed by atoms with Gasteiger partial charge in [0, 0.05) is 6.20 Å². The van der Waals surface area contributed by atoms with Crippen molar-refractivity contribution in [2.45, 2.75) is 51.1 Å². The second kappa shape index (κ2) is 4.42. The van der Waals surface area contributed by atoms with E-state index in [2.05, 4.69) is 4.98 Å². The first-order chi connectivity index (χ1) is 9.28. The van der Waals surface area contributed by atoms with Gasteiger partial charge in [-0.25, -0.2) is 4.79 Å². The highest BCUT2D eigenvalue weighted by Crippen LogP contribution is 2.42. The lowest BCUT2D eigenvalue weighted by molar-refractivity contribution is -0.195. The third-order valence-electron chi connectivity index (χ3n) is 3.47. The molecule has 0 aromatic carbocycles. The molecule has 2 saturated heterocycles. The van der Waals surface area contributed by atoms with Crippen LogP contribution in [-0.4, -0.2) is 33.7 Å². The molecule has 20 heavy (non-hydrogen) atoms. The normalized spacial score (nSPS) is 35.2. The van der Waals surface area contributed by atoms with Gasteiger partial charge in [0.15, 0.2) is 12.0 Å². The van der Waals surface area contributed by atoms with Gasteiger partial charge in [-0.15, -0.1) is 0 Å². The summed E-state index contributed by atoms with van der Waals surface area (Å²) in [6.45, 7) is 5.53. The average molecular weight is 302 g/mol. The zero-order valence-corrected chi connectivity index (χ0v) is 12.1. The Balaban J connectivity index is 1.99. The molecule has 110 valence electrons. The van der Waals surface area contributed by atoms with Crippen LogP contribution in [0.1, 0.15) is 27.0 Å². The first-order valence-corrected chi connectivity index (χ1v) is 6.71. The fourth-order valence-corrected chi connectivity index (χ4v) is 2.79. The molecule has 0 amide bonds. The van der Waals surface area contributed by atoms with E-state index >= 15 is 0 Å².